The Morgan fingerprint density at radius 1 is 1.24 bits per heavy atom. The molecule has 142 valence electrons. The molecule has 0 rings (SSSR count). The largest absolute Gasteiger partial charge is 0.542 e. The first-order valence-corrected chi connectivity index (χ1v) is 7.58. The van der Waals surface area contributed by atoms with Gasteiger partial charge in [0.25, 0.3) is 5.91 Å². The lowest BCUT2D eigenvalue weighted by Crippen LogP contribution is -2.58. The van der Waals surface area contributed by atoms with Crippen molar-refractivity contribution in [3.05, 3.63) is 0 Å². The Balaban J connectivity index is 5.03. The van der Waals surface area contributed by atoms with Gasteiger partial charge in [0.15, 0.2) is 0 Å². The molecule has 0 aromatic carbocycles. The molecule has 0 heterocycles. The summed E-state index contributed by atoms with van der Waals surface area (Å²) in [5.41, 5.74) is -0.867. The molecule has 0 saturated heterocycles. The molecule has 2 radical (unpaired) electrons. The van der Waals surface area contributed by atoms with Crippen molar-refractivity contribution < 1.29 is 37.7 Å². The van der Waals surface area contributed by atoms with Crippen molar-refractivity contribution in [3.8, 4) is 0 Å². The maximum Gasteiger partial charge on any atom is 0.407 e. The normalized spacial score (nSPS) is 14.2. The molecular formula is C14H23BF2N2O6. The van der Waals surface area contributed by atoms with Gasteiger partial charge >= 0.3 is 26.0 Å². The van der Waals surface area contributed by atoms with E-state index in [0.717, 1.165) is 0 Å². The number of aliphatic hydroxyl groups excluding tert-OH is 1. The van der Waals surface area contributed by atoms with Crippen LogP contribution in [0.4, 0.5) is 13.6 Å². The Hall–Kier alpha value is -1.91. The fourth-order valence-electron chi connectivity index (χ4n) is 1.78. The number of rotatable bonds is 8. The van der Waals surface area contributed by atoms with Crippen molar-refractivity contribution in [2.24, 2.45) is 0 Å². The first-order valence-electron chi connectivity index (χ1n) is 7.58. The average molecular weight is 364 g/mol. The van der Waals surface area contributed by atoms with E-state index in [1.54, 1.807) is 33.0 Å². The van der Waals surface area contributed by atoms with E-state index in [1.807, 2.05) is 0 Å². The van der Waals surface area contributed by atoms with Crippen LogP contribution in [-0.4, -0.2) is 61.3 Å². The molecule has 0 aliphatic rings. The highest BCUT2D eigenvalue weighted by Crippen LogP contribution is 2.24. The van der Waals surface area contributed by atoms with Gasteiger partial charge in [-0.05, 0) is 27.2 Å². The zero-order valence-corrected chi connectivity index (χ0v) is 14.6. The third kappa shape index (κ3) is 8.15. The predicted molar refractivity (Wildman–Crippen MR) is 83.9 cm³/mol. The molecule has 8 nitrogen and oxygen atoms in total. The highest BCUT2D eigenvalue weighted by molar-refractivity contribution is 6.06. The molecule has 0 spiro atoms. The van der Waals surface area contributed by atoms with Crippen LogP contribution in [0.1, 0.15) is 40.5 Å². The second-order valence-electron chi connectivity index (χ2n) is 6.28. The molecule has 0 saturated carbocycles. The summed E-state index contributed by atoms with van der Waals surface area (Å²) in [7, 11) is 4.52. The molecule has 0 aromatic heterocycles. The van der Waals surface area contributed by atoms with Crippen molar-refractivity contribution in [1.29, 1.82) is 0 Å². The predicted octanol–water partition coefficient (Wildman–Crippen LogP) is 0.419. The first kappa shape index (κ1) is 23.1. The number of aliphatic hydroxyl groups is 1. The number of alkyl halides is 2. The summed E-state index contributed by atoms with van der Waals surface area (Å²) >= 11 is 0. The second kappa shape index (κ2) is 9.55. The number of alkyl carbamates (subject to hydrolysis) is 1. The summed E-state index contributed by atoms with van der Waals surface area (Å²) in [5, 5.41) is 13.6. The lowest BCUT2D eigenvalue weighted by Gasteiger charge is -2.30. The van der Waals surface area contributed by atoms with Gasteiger partial charge in [-0.15, -0.1) is 0 Å². The van der Waals surface area contributed by atoms with Crippen LogP contribution in [0, 0.1) is 0 Å². The molecule has 11 heteroatoms. The number of ether oxygens (including phenoxy) is 1. The number of carbonyl (C=O) groups excluding carboxylic acids is 3. The number of halogens is 2. The third-order valence-electron chi connectivity index (χ3n) is 2.88. The molecule has 0 aliphatic heterocycles. The van der Waals surface area contributed by atoms with Crippen molar-refractivity contribution in [2.45, 2.75) is 64.2 Å². The van der Waals surface area contributed by atoms with Crippen LogP contribution in [0.5, 0.6) is 0 Å². The first-order chi connectivity index (χ1) is 11.3. The minimum absolute atomic E-state index is 0.0336. The van der Waals surface area contributed by atoms with Gasteiger partial charge in [-0.1, -0.05) is 13.3 Å². The van der Waals surface area contributed by atoms with E-state index in [2.05, 4.69) is 18.0 Å². The van der Waals surface area contributed by atoms with E-state index >= 15 is 0 Å². The topological polar surface area (TPSA) is 114 Å². The van der Waals surface area contributed by atoms with Gasteiger partial charge in [0, 0.05) is 0 Å². The van der Waals surface area contributed by atoms with Crippen LogP contribution in [0.2, 0.25) is 0 Å². The lowest BCUT2D eigenvalue weighted by molar-refractivity contribution is -0.167. The summed E-state index contributed by atoms with van der Waals surface area (Å²) in [4.78, 5) is 34.1. The number of carbonyl (C=O) groups is 3. The summed E-state index contributed by atoms with van der Waals surface area (Å²) in [6, 6.07) is -1.44. The van der Waals surface area contributed by atoms with Crippen LogP contribution in [0.15, 0.2) is 0 Å². The smallest absolute Gasteiger partial charge is 0.407 e. The molecule has 0 bridgehead atoms. The van der Waals surface area contributed by atoms with Crippen molar-refractivity contribution in [2.75, 3.05) is 6.54 Å². The highest BCUT2D eigenvalue weighted by Gasteiger charge is 2.50. The molecule has 0 fully saturated rings. The lowest BCUT2D eigenvalue weighted by atomic mass is 9.99. The Bertz CT molecular complexity index is 484. The van der Waals surface area contributed by atoms with Gasteiger partial charge in [0.1, 0.15) is 18.2 Å². The summed E-state index contributed by atoms with van der Waals surface area (Å²) < 4.78 is 36.9. The molecule has 2 amide bonds. The number of nitrogens with one attached hydrogen (secondary N) is 2. The summed E-state index contributed by atoms with van der Waals surface area (Å²) in [5.74, 6) is -7.32. The molecule has 1 unspecified atom stereocenters. The molecular weight excluding hydrogens is 341 g/mol. The quantitative estimate of drug-likeness (QED) is 0.538. The van der Waals surface area contributed by atoms with E-state index in [0.29, 0.717) is 6.42 Å². The van der Waals surface area contributed by atoms with Crippen LogP contribution >= 0.6 is 0 Å². The monoisotopic (exact) mass is 364 g/mol. The van der Waals surface area contributed by atoms with Crippen LogP contribution < -0.4 is 10.6 Å². The number of hydrogen-bond donors (Lipinski definition) is 3. The van der Waals surface area contributed by atoms with Gasteiger partial charge in [0.2, 0.25) is 0 Å². The zero-order chi connectivity index (χ0) is 19.8. The fraction of sp³-hybridized carbons (Fsp3) is 0.786. The standard InChI is InChI=1S/C14H23BF2N2O6/c1-5-6-8(19-12(23)24-13(2,3)4)10(21)14(16,17)11(22)18-7-9(20)25-15/h8,10,21H,5-7H2,1-4H3,(H,18,22)(H,19,23)/t8-,10?/m0/s1. The minimum Gasteiger partial charge on any atom is -0.542 e. The van der Waals surface area contributed by atoms with E-state index in [4.69, 9.17) is 4.74 Å². The van der Waals surface area contributed by atoms with Crippen molar-refractivity contribution >= 4 is 26.0 Å². The van der Waals surface area contributed by atoms with Crippen LogP contribution in [0.25, 0.3) is 0 Å². The molecule has 2 atom stereocenters. The fourth-order valence-corrected chi connectivity index (χ4v) is 1.78. The van der Waals surface area contributed by atoms with Crippen molar-refractivity contribution in [1.82, 2.24) is 10.6 Å². The minimum atomic E-state index is -4.27. The number of amides is 2. The Morgan fingerprint density at radius 3 is 2.24 bits per heavy atom. The molecule has 25 heavy (non-hydrogen) atoms. The highest BCUT2D eigenvalue weighted by atomic mass is 19.3. The summed E-state index contributed by atoms with van der Waals surface area (Å²) in [6.07, 6.45) is -3.23. The van der Waals surface area contributed by atoms with E-state index in [1.165, 1.54) is 0 Å². The van der Waals surface area contributed by atoms with E-state index < -0.39 is 48.2 Å². The molecule has 0 aliphatic carbocycles. The molecule has 3 N–H and O–H groups in total. The maximum atomic E-state index is 14.1. The maximum absolute atomic E-state index is 14.1. The van der Waals surface area contributed by atoms with E-state index in [9.17, 15) is 28.3 Å². The SMILES string of the molecule is [B]OC(=O)CNC(=O)C(F)(F)C(O)[C@H](CCC)NC(=O)OC(C)(C)C. The Kier molecular flexibility index (Phi) is 8.82. The third-order valence-corrected chi connectivity index (χ3v) is 2.88. The van der Waals surface area contributed by atoms with Gasteiger partial charge in [-0.2, -0.15) is 8.78 Å². The second-order valence-corrected chi connectivity index (χ2v) is 6.28. The Morgan fingerprint density at radius 2 is 1.80 bits per heavy atom. The van der Waals surface area contributed by atoms with Crippen LogP contribution in [-0.2, 0) is 19.0 Å². The van der Waals surface area contributed by atoms with Gasteiger partial charge in [-0.25, -0.2) is 4.79 Å². The van der Waals surface area contributed by atoms with Gasteiger partial charge < -0.3 is 25.1 Å². The van der Waals surface area contributed by atoms with Crippen molar-refractivity contribution in [3.63, 3.8) is 0 Å². The van der Waals surface area contributed by atoms with Gasteiger partial charge in [0.05, 0.1) is 6.04 Å². The van der Waals surface area contributed by atoms with Crippen LogP contribution in [0.3, 0.4) is 0 Å². The zero-order valence-electron chi connectivity index (χ0n) is 14.6. The van der Waals surface area contributed by atoms with Gasteiger partial charge in [-0.3, -0.25) is 9.59 Å². The van der Waals surface area contributed by atoms with E-state index in [-0.39, 0.29) is 6.42 Å². The number of hydrogen-bond acceptors (Lipinski definition) is 6. The summed E-state index contributed by atoms with van der Waals surface area (Å²) in [6.45, 7) is 5.49. The average Bonchev–Trinajstić information content (AvgIpc) is 2.48. The Labute approximate surface area is 146 Å². The molecule has 0 aromatic rings.